The Kier molecular flexibility index (Phi) is 5.49. The first-order valence-electron chi connectivity index (χ1n) is 5.29. The van der Waals surface area contributed by atoms with Crippen molar-refractivity contribution in [2.24, 2.45) is 10.7 Å². The maximum absolute atomic E-state index is 11.6. The molecule has 0 aliphatic rings. The van der Waals surface area contributed by atoms with Crippen LogP contribution in [0.1, 0.15) is 5.56 Å². The minimum absolute atomic E-state index is 0.150. The number of aromatic nitrogens is 1. The minimum atomic E-state index is -0.303. The standard InChI is InChI=1S/C12H14N4O2S/c1-3-8(6-4-5-7-17)15-12-9(10(13)14-2)11(18)16-19-12/h3-7,15H,1H2,2H3,(H2,13,14)(H,16,18)/b5-4+,8-6+. The Morgan fingerprint density at radius 1 is 1.53 bits per heavy atom. The number of aromatic amines is 1. The van der Waals surface area contributed by atoms with E-state index in [0.29, 0.717) is 22.5 Å². The molecule has 100 valence electrons. The normalized spacial score (nSPS) is 12.7. The van der Waals surface area contributed by atoms with Crippen molar-refractivity contribution in [3.05, 3.63) is 52.5 Å². The second-order valence-corrected chi connectivity index (χ2v) is 4.13. The fourth-order valence-electron chi connectivity index (χ4n) is 1.23. The number of nitrogens with zero attached hydrogens (tertiary/aromatic N) is 1. The second-order valence-electron chi connectivity index (χ2n) is 3.32. The zero-order chi connectivity index (χ0) is 14.3. The summed E-state index contributed by atoms with van der Waals surface area (Å²) in [6.45, 7) is 3.64. The van der Waals surface area contributed by atoms with Gasteiger partial charge < -0.3 is 11.1 Å². The molecule has 0 unspecified atom stereocenters. The topological polar surface area (TPSA) is 100 Å². The molecule has 0 atom stereocenters. The summed E-state index contributed by atoms with van der Waals surface area (Å²) in [5, 5.41) is 3.54. The van der Waals surface area contributed by atoms with E-state index >= 15 is 0 Å². The van der Waals surface area contributed by atoms with Crippen LogP contribution in [0.5, 0.6) is 0 Å². The summed E-state index contributed by atoms with van der Waals surface area (Å²) in [4.78, 5) is 25.6. The van der Waals surface area contributed by atoms with E-state index in [-0.39, 0.29) is 11.4 Å². The van der Waals surface area contributed by atoms with E-state index in [1.54, 1.807) is 18.2 Å². The van der Waals surface area contributed by atoms with Crippen LogP contribution in [0.4, 0.5) is 5.00 Å². The molecule has 0 saturated carbocycles. The number of nitrogens with one attached hydrogen (secondary N) is 2. The van der Waals surface area contributed by atoms with Crippen LogP contribution < -0.4 is 16.6 Å². The van der Waals surface area contributed by atoms with Crippen molar-refractivity contribution in [3.63, 3.8) is 0 Å². The number of H-pyrrole nitrogens is 1. The highest BCUT2D eigenvalue weighted by molar-refractivity contribution is 7.10. The lowest BCUT2D eigenvalue weighted by Crippen LogP contribution is -2.22. The first-order valence-corrected chi connectivity index (χ1v) is 6.11. The SMILES string of the molecule is C=C/C(=C\C=C\C=O)Nc1s[nH]c(=O)c1C(N)=NC. The lowest BCUT2D eigenvalue weighted by molar-refractivity contribution is -0.104. The van der Waals surface area contributed by atoms with Crippen molar-refractivity contribution < 1.29 is 4.79 Å². The molecular formula is C12H14N4O2S. The molecule has 1 heterocycles. The van der Waals surface area contributed by atoms with E-state index in [9.17, 15) is 9.59 Å². The van der Waals surface area contributed by atoms with Crippen molar-refractivity contribution in [2.45, 2.75) is 0 Å². The molecule has 1 aromatic rings. The largest absolute Gasteiger partial charge is 0.383 e. The molecule has 0 amide bonds. The van der Waals surface area contributed by atoms with Gasteiger partial charge in [-0.1, -0.05) is 12.7 Å². The van der Waals surface area contributed by atoms with Crippen LogP contribution in [-0.4, -0.2) is 23.5 Å². The molecule has 1 aromatic heterocycles. The van der Waals surface area contributed by atoms with Gasteiger partial charge in [-0.15, -0.1) is 0 Å². The summed E-state index contributed by atoms with van der Waals surface area (Å²) in [5.74, 6) is 0.150. The molecule has 6 nitrogen and oxygen atoms in total. The van der Waals surface area contributed by atoms with Crippen LogP contribution in [0, 0.1) is 0 Å². The summed E-state index contributed by atoms with van der Waals surface area (Å²) >= 11 is 1.11. The highest BCUT2D eigenvalue weighted by Gasteiger charge is 2.14. The van der Waals surface area contributed by atoms with E-state index in [1.807, 2.05) is 0 Å². The highest BCUT2D eigenvalue weighted by atomic mass is 32.1. The average Bonchev–Trinajstić information content (AvgIpc) is 2.78. The monoisotopic (exact) mass is 278 g/mol. The van der Waals surface area contributed by atoms with Crippen molar-refractivity contribution in [3.8, 4) is 0 Å². The maximum atomic E-state index is 11.6. The molecule has 4 N–H and O–H groups in total. The molecule has 0 bridgehead atoms. The molecule has 0 saturated heterocycles. The number of hydrogen-bond acceptors (Lipinski definition) is 5. The predicted octanol–water partition coefficient (Wildman–Crippen LogP) is 1.01. The Morgan fingerprint density at radius 2 is 2.26 bits per heavy atom. The Balaban J connectivity index is 3.08. The van der Waals surface area contributed by atoms with E-state index < -0.39 is 0 Å². The van der Waals surface area contributed by atoms with Crippen molar-refractivity contribution >= 4 is 28.7 Å². The third-order valence-corrected chi connectivity index (χ3v) is 2.94. The summed E-state index contributed by atoms with van der Waals surface area (Å²) in [5.41, 5.74) is 6.28. The van der Waals surface area contributed by atoms with Gasteiger partial charge in [0.15, 0.2) is 0 Å². The number of carbonyl (C=O) groups is 1. The van der Waals surface area contributed by atoms with Crippen LogP contribution in [-0.2, 0) is 4.79 Å². The zero-order valence-electron chi connectivity index (χ0n) is 10.3. The third-order valence-electron chi connectivity index (χ3n) is 2.14. The van der Waals surface area contributed by atoms with Crippen LogP contribution in [0.2, 0.25) is 0 Å². The van der Waals surface area contributed by atoms with Gasteiger partial charge in [-0.25, -0.2) is 0 Å². The smallest absolute Gasteiger partial charge is 0.271 e. The predicted molar refractivity (Wildman–Crippen MR) is 78.7 cm³/mol. The number of rotatable bonds is 6. The molecule has 0 spiro atoms. The number of hydrogen-bond donors (Lipinski definition) is 3. The Hall–Kier alpha value is -2.41. The molecule has 0 fully saturated rings. The molecule has 0 aliphatic heterocycles. The average molecular weight is 278 g/mol. The van der Waals surface area contributed by atoms with Gasteiger partial charge in [-0.05, 0) is 29.8 Å². The summed E-state index contributed by atoms with van der Waals surface area (Å²) in [6, 6.07) is 0. The molecule has 0 aliphatic carbocycles. The van der Waals surface area contributed by atoms with Crippen LogP contribution in [0.15, 0.2) is 46.4 Å². The fraction of sp³-hybridized carbons (Fsp3) is 0.0833. The number of aliphatic imine (C=N–C) groups is 1. The molecular weight excluding hydrogens is 264 g/mol. The van der Waals surface area contributed by atoms with Crippen molar-refractivity contribution in [2.75, 3.05) is 12.4 Å². The minimum Gasteiger partial charge on any atom is -0.383 e. The van der Waals surface area contributed by atoms with Gasteiger partial charge in [-0.3, -0.25) is 19.0 Å². The van der Waals surface area contributed by atoms with Gasteiger partial charge in [-0.2, -0.15) is 0 Å². The zero-order valence-corrected chi connectivity index (χ0v) is 11.2. The second kappa shape index (κ2) is 7.12. The van der Waals surface area contributed by atoms with Crippen LogP contribution >= 0.6 is 11.5 Å². The van der Waals surface area contributed by atoms with Gasteiger partial charge in [0.1, 0.15) is 22.7 Å². The first-order chi connectivity index (χ1) is 9.13. The Labute approximate surface area is 114 Å². The molecule has 0 aromatic carbocycles. The van der Waals surface area contributed by atoms with Crippen LogP contribution in [0.3, 0.4) is 0 Å². The van der Waals surface area contributed by atoms with Crippen molar-refractivity contribution in [1.29, 1.82) is 0 Å². The van der Waals surface area contributed by atoms with E-state index in [1.165, 1.54) is 13.1 Å². The molecule has 19 heavy (non-hydrogen) atoms. The lowest BCUT2D eigenvalue weighted by Gasteiger charge is -2.05. The number of aldehydes is 1. The fourth-order valence-corrected chi connectivity index (χ4v) is 2.00. The van der Waals surface area contributed by atoms with Crippen molar-refractivity contribution in [1.82, 2.24) is 4.37 Å². The summed E-state index contributed by atoms with van der Waals surface area (Å²) < 4.78 is 2.58. The van der Waals surface area contributed by atoms with Gasteiger partial charge in [0.2, 0.25) is 0 Å². The summed E-state index contributed by atoms with van der Waals surface area (Å²) in [7, 11) is 1.51. The Morgan fingerprint density at radius 3 is 2.84 bits per heavy atom. The van der Waals surface area contributed by atoms with Gasteiger partial charge >= 0.3 is 0 Å². The molecule has 1 rings (SSSR count). The number of allylic oxidation sites excluding steroid dienone is 4. The quantitative estimate of drug-likeness (QED) is 0.238. The number of anilines is 1. The summed E-state index contributed by atoms with van der Waals surface area (Å²) in [6.07, 6.45) is 6.77. The van der Waals surface area contributed by atoms with E-state index in [2.05, 4.69) is 21.3 Å². The number of nitrogens with two attached hydrogens (primary N) is 1. The Bertz CT molecular complexity index is 607. The maximum Gasteiger partial charge on any atom is 0.271 e. The third kappa shape index (κ3) is 3.78. The van der Waals surface area contributed by atoms with Gasteiger partial charge in [0, 0.05) is 12.7 Å². The first kappa shape index (κ1) is 14.7. The number of carbonyl (C=O) groups excluding carboxylic acids is 1. The van der Waals surface area contributed by atoms with Gasteiger partial charge in [0.05, 0.1) is 0 Å². The number of amidine groups is 1. The van der Waals surface area contributed by atoms with E-state index in [0.717, 1.165) is 11.5 Å². The van der Waals surface area contributed by atoms with Crippen LogP contribution in [0.25, 0.3) is 0 Å². The van der Waals surface area contributed by atoms with Gasteiger partial charge in [0.25, 0.3) is 5.56 Å². The lowest BCUT2D eigenvalue weighted by atomic mass is 10.3. The highest BCUT2D eigenvalue weighted by Crippen LogP contribution is 2.18. The van der Waals surface area contributed by atoms with E-state index in [4.69, 9.17) is 5.73 Å². The molecule has 7 heteroatoms. The molecule has 0 radical (unpaired) electrons.